The Morgan fingerprint density at radius 2 is 1.16 bits per heavy atom. The van der Waals surface area contributed by atoms with Gasteiger partial charge in [0.15, 0.2) is 17.2 Å². The first-order chi connectivity index (χ1) is 24.3. The number of furan rings is 1. The minimum absolute atomic E-state index is 0.666. The van der Waals surface area contributed by atoms with Gasteiger partial charge in [0.05, 0.1) is 27.6 Å². The van der Waals surface area contributed by atoms with Gasteiger partial charge in [0.25, 0.3) is 0 Å². The zero-order valence-electron chi connectivity index (χ0n) is 26.1. The van der Waals surface area contributed by atoms with Gasteiger partial charge < -0.3 is 8.82 Å². The lowest BCUT2D eigenvalue weighted by Crippen LogP contribution is -2.02. The third kappa shape index (κ3) is 3.15. The van der Waals surface area contributed by atoms with Gasteiger partial charge in [-0.25, -0.2) is 9.97 Å². The average Bonchev–Trinajstić information content (AvgIpc) is 3.90. The molecule has 7 aromatic carbocycles. The summed E-state index contributed by atoms with van der Waals surface area (Å²) in [6.07, 6.45) is 0. The molecule has 226 valence electrons. The number of hydrogen-bond donors (Lipinski definition) is 0. The fourth-order valence-corrected chi connectivity index (χ4v) is 8.42. The number of hydrogen-bond acceptors (Lipinski definition) is 3. The first-order valence-corrected chi connectivity index (χ1v) is 16.6. The third-order valence-electron chi connectivity index (χ3n) is 10.4. The highest BCUT2D eigenvalue weighted by Crippen LogP contribution is 2.48. The lowest BCUT2D eigenvalue weighted by atomic mass is 10.0. The van der Waals surface area contributed by atoms with Crippen LogP contribution in [-0.2, 0) is 0 Å². The van der Waals surface area contributed by atoms with Gasteiger partial charge in [-0.2, -0.15) is 0 Å². The molecule has 0 fully saturated rings. The summed E-state index contributed by atoms with van der Waals surface area (Å²) >= 11 is 0. The number of fused-ring (bicyclic) bond motifs is 15. The van der Waals surface area contributed by atoms with Crippen molar-refractivity contribution in [2.24, 2.45) is 0 Å². The molecule has 0 N–H and O–H groups in total. The van der Waals surface area contributed by atoms with Crippen molar-refractivity contribution in [2.75, 3.05) is 0 Å². The Labute approximate surface area is 278 Å². The lowest BCUT2D eigenvalue weighted by molar-refractivity contribution is 0.662. The van der Waals surface area contributed by atoms with Crippen molar-refractivity contribution in [3.05, 3.63) is 146 Å². The molecule has 0 aliphatic heterocycles. The second kappa shape index (κ2) is 9.00. The Morgan fingerprint density at radius 1 is 0.469 bits per heavy atom. The maximum Gasteiger partial charge on any atom is 0.197 e. The highest BCUT2D eigenvalue weighted by molar-refractivity contribution is 6.35. The van der Waals surface area contributed by atoms with Crippen LogP contribution >= 0.6 is 0 Å². The van der Waals surface area contributed by atoms with Crippen molar-refractivity contribution in [1.82, 2.24) is 18.9 Å². The molecule has 5 nitrogen and oxygen atoms in total. The first kappa shape index (κ1) is 25.4. The van der Waals surface area contributed by atoms with Crippen LogP contribution in [0.3, 0.4) is 0 Å². The Bertz CT molecular complexity index is 3330. The summed E-state index contributed by atoms with van der Waals surface area (Å²) in [6, 6.07) is 51.6. The second-order valence-corrected chi connectivity index (χ2v) is 12.9. The molecular formula is C44H24N4O. The van der Waals surface area contributed by atoms with Crippen LogP contribution in [0.25, 0.3) is 110 Å². The highest BCUT2D eigenvalue weighted by Gasteiger charge is 2.27. The van der Waals surface area contributed by atoms with E-state index < -0.39 is 0 Å². The molecule has 12 rings (SSSR count). The van der Waals surface area contributed by atoms with Gasteiger partial charge in [0.2, 0.25) is 0 Å². The third-order valence-corrected chi connectivity index (χ3v) is 10.4. The van der Waals surface area contributed by atoms with Gasteiger partial charge in [0.1, 0.15) is 11.1 Å². The minimum Gasteiger partial charge on any atom is -0.450 e. The maximum absolute atomic E-state index is 6.68. The lowest BCUT2D eigenvalue weighted by Gasteiger charge is -2.11. The van der Waals surface area contributed by atoms with E-state index in [-0.39, 0.29) is 0 Å². The van der Waals surface area contributed by atoms with E-state index in [4.69, 9.17) is 14.4 Å². The molecule has 0 unspecified atom stereocenters. The largest absolute Gasteiger partial charge is 0.450 e. The van der Waals surface area contributed by atoms with Crippen LogP contribution in [0.5, 0.6) is 0 Å². The molecule has 0 saturated carbocycles. The Balaban J connectivity index is 1.36. The van der Waals surface area contributed by atoms with Gasteiger partial charge >= 0.3 is 0 Å². The van der Waals surface area contributed by atoms with E-state index in [0.717, 1.165) is 38.9 Å². The summed E-state index contributed by atoms with van der Waals surface area (Å²) in [4.78, 5) is 10.5. The Kier molecular flexibility index (Phi) is 4.66. The summed E-state index contributed by atoms with van der Waals surface area (Å²) in [5, 5.41) is 10.8. The van der Waals surface area contributed by atoms with Gasteiger partial charge in [-0.3, -0.25) is 4.57 Å². The normalized spacial score (nSPS) is 12.5. The predicted octanol–water partition coefficient (Wildman–Crippen LogP) is 11.4. The van der Waals surface area contributed by atoms with Gasteiger partial charge in [-0.05, 0) is 35.7 Å². The second-order valence-electron chi connectivity index (χ2n) is 12.9. The van der Waals surface area contributed by atoms with Crippen molar-refractivity contribution < 1.29 is 4.42 Å². The van der Waals surface area contributed by atoms with Crippen LogP contribution in [0.2, 0.25) is 0 Å². The van der Waals surface area contributed by atoms with Crippen molar-refractivity contribution in [3.8, 4) is 17.2 Å². The Hall–Kier alpha value is -6.72. The fourth-order valence-electron chi connectivity index (χ4n) is 8.42. The molecule has 5 aromatic heterocycles. The minimum atomic E-state index is 0.666. The molecule has 5 heterocycles. The van der Waals surface area contributed by atoms with E-state index in [2.05, 4.69) is 118 Å². The van der Waals surface area contributed by atoms with E-state index in [0.29, 0.717) is 11.4 Å². The summed E-state index contributed by atoms with van der Waals surface area (Å²) < 4.78 is 11.5. The summed E-state index contributed by atoms with van der Waals surface area (Å²) in [5.41, 5.74) is 9.10. The molecule has 0 aliphatic carbocycles. The first-order valence-electron chi connectivity index (χ1n) is 16.6. The number of rotatable bonds is 2. The van der Waals surface area contributed by atoms with Crippen LogP contribution in [0.15, 0.2) is 150 Å². The maximum atomic E-state index is 6.68. The highest BCUT2D eigenvalue weighted by atomic mass is 16.3. The summed E-state index contributed by atoms with van der Waals surface area (Å²) in [5.74, 6) is 1.40. The van der Waals surface area contributed by atoms with Crippen molar-refractivity contribution in [2.45, 2.75) is 0 Å². The number of aromatic nitrogens is 4. The monoisotopic (exact) mass is 624 g/mol. The molecule has 0 aliphatic rings. The molecule has 12 aromatic rings. The molecule has 49 heavy (non-hydrogen) atoms. The summed E-state index contributed by atoms with van der Waals surface area (Å²) in [7, 11) is 0. The Morgan fingerprint density at radius 3 is 2.04 bits per heavy atom. The van der Waals surface area contributed by atoms with Crippen LogP contribution in [0, 0.1) is 0 Å². The fraction of sp³-hybridized carbons (Fsp3) is 0. The summed E-state index contributed by atoms with van der Waals surface area (Å²) in [6.45, 7) is 0. The number of nitrogens with zero attached hydrogens (tertiary/aromatic N) is 4. The zero-order chi connectivity index (χ0) is 31.8. The molecule has 0 amide bonds. The van der Waals surface area contributed by atoms with E-state index in [1.54, 1.807) is 0 Å². The average molecular weight is 625 g/mol. The number of para-hydroxylation sites is 3. The van der Waals surface area contributed by atoms with E-state index in [9.17, 15) is 0 Å². The van der Waals surface area contributed by atoms with Crippen molar-refractivity contribution in [1.29, 1.82) is 0 Å². The van der Waals surface area contributed by atoms with Gasteiger partial charge in [-0.1, -0.05) is 115 Å². The van der Waals surface area contributed by atoms with Crippen LogP contribution in [0.4, 0.5) is 0 Å². The van der Waals surface area contributed by atoms with Crippen LogP contribution < -0.4 is 0 Å². The predicted molar refractivity (Wildman–Crippen MR) is 201 cm³/mol. The van der Waals surface area contributed by atoms with E-state index in [1.165, 1.54) is 59.6 Å². The van der Waals surface area contributed by atoms with Gasteiger partial charge in [-0.15, -0.1) is 0 Å². The van der Waals surface area contributed by atoms with E-state index in [1.807, 2.05) is 36.4 Å². The van der Waals surface area contributed by atoms with Crippen molar-refractivity contribution >= 4 is 92.7 Å². The molecule has 0 radical (unpaired) electrons. The molecule has 0 bridgehead atoms. The van der Waals surface area contributed by atoms with Crippen molar-refractivity contribution in [3.63, 3.8) is 0 Å². The SMILES string of the molecule is c1ccc(-c2nc(-n3c4ccccc4c4cc5c6ccc7ccccc7c6n6c7ccccc7c(c43)c56)c3oc4ccccc4c3n2)cc1. The molecule has 0 saturated heterocycles. The molecule has 5 heteroatoms. The quantitative estimate of drug-likeness (QED) is 0.192. The number of benzene rings is 7. The smallest absolute Gasteiger partial charge is 0.197 e. The van der Waals surface area contributed by atoms with E-state index >= 15 is 0 Å². The van der Waals surface area contributed by atoms with Gasteiger partial charge in [0, 0.05) is 48.7 Å². The standard InChI is InChI=1S/C44H24N4O/c1-2-13-26(14-3-1)43-45-38-31-18-8-11-21-36(31)49-42(38)44(46-43)48-34-19-9-6-16-28(34)32-24-33-29-23-22-25-12-4-5-15-27(25)39(29)47-35-20-10-7-17-30(35)37(40(33)47)41(32)48/h1-24H. The molecule has 0 spiro atoms. The van der Waals surface area contributed by atoms with Crippen LogP contribution in [0.1, 0.15) is 0 Å². The topological polar surface area (TPSA) is 48.3 Å². The molecular weight excluding hydrogens is 601 g/mol. The zero-order valence-corrected chi connectivity index (χ0v) is 26.1. The van der Waals surface area contributed by atoms with Crippen LogP contribution in [-0.4, -0.2) is 18.9 Å². The molecule has 0 atom stereocenters.